The van der Waals surface area contributed by atoms with Crippen molar-refractivity contribution >= 4 is 11.6 Å². The number of methoxy groups -OCH3 is 1. The molecule has 0 aromatic heterocycles. The van der Waals surface area contributed by atoms with Gasteiger partial charge in [0.1, 0.15) is 17.2 Å². The van der Waals surface area contributed by atoms with Crippen LogP contribution >= 0.6 is 0 Å². The van der Waals surface area contributed by atoms with Crippen LogP contribution in [0.15, 0.2) is 42.5 Å². The van der Waals surface area contributed by atoms with Gasteiger partial charge in [0.25, 0.3) is 5.91 Å². The van der Waals surface area contributed by atoms with E-state index >= 15 is 0 Å². The Morgan fingerprint density at radius 1 is 1.12 bits per heavy atom. The van der Waals surface area contributed by atoms with Crippen molar-refractivity contribution in [2.45, 2.75) is 26.2 Å². The smallest absolute Gasteiger partial charge is 0.262 e. The molecule has 0 atom stereocenters. The predicted molar refractivity (Wildman–Crippen MR) is 93.9 cm³/mol. The SMILES string of the molecule is COc1ccc(OCC(=O)Nc2ccc(O)cc2)c(C(C)(C)C)c1. The molecule has 2 rings (SSSR count). The molecule has 0 saturated heterocycles. The van der Waals surface area contributed by atoms with Crippen LogP contribution in [0.4, 0.5) is 5.69 Å². The average Bonchev–Trinajstić information content (AvgIpc) is 2.54. The van der Waals surface area contributed by atoms with Crippen LogP contribution in [0.2, 0.25) is 0 Å². The predicted octanol–water partition coefficient (Wildman–Crippen LogP) is 3.72. The maximum atomic E-state index is 12.0. The molecule has 2 N–H and O–H groups in total. The summed E-state index contributed by atoms with van der Waals surface area (Å²) in [6.07, 6.45) is 0. The molecule has 5 nitrogen and oxygen atoms in total. The molecule has 128 valence electrons. The van der Waals surface area contributed by atoms with E-state index in [-0.39, 0.29) is 23.7 Å². The number of phenols is 1. The Balaban J connectivity index is 2.05. The third-order valence-electron chi connectivity index (χ3n) is 3.50. The lowest BCUT2D eigenvalue weighted by atomic mass is 9.86. The van der Waals surface area contributed by atoms with E-state index < -0.39 is 0 Å². The van der Waals surface area contributed by atoms with Crippen molar-refractivity contribution in [3.8, 4) is 17.2 Å². The highest BCUT2D eigenvalue weighted by Gasteiger charge is 2.20. The molecule has 0 aliphatic rings. The maximum Gasteiger partial charge on any atom is 0.262 e. The molecular weight excluding hydrogens is 306 g/mol. The lowest BCUT2D eigenvalue weighted by molar-refractivity contribution is -0.118. The Morgan fingerprint density at radius 2 is 1.79 bits per heavy atom. The van der Waals surface area contributed by atoms with Gasteiger partial charge in [-0.05, 0) is 47.9 Å². The van der Waals surface area contributed by atoms with Gasteiger partial charge in [-0.15, -0.1) is 0 Å². The quantitative estimate of drug-likeness (QED) is 0.821. The second-order valence-corrected chi connectivity index (χ2v) is 6.50. The molecule has 24 heavy (non-hydrogen) atoms. The molecule has 0 aliphatic carbocycles. The van der Waals surface area contributed by atoms with Crippen molar-refractivity contribution in [3.05, 3.63) is 48.0 Å². The largest absolute Gasteiger partial charge is 0.508 e. The van der Waals surface area contributed by atoms with E-state index in [1.54, 1.807) is 19.2 Å². The molecule has 1 amide bonds. The number of nitrogens with one attached hydrogen (secondary N) is 1. The van der Waals surface area contributed by atoms with E-state index in [0.29, 0.717) is 11.4 Å². The third-order valence-corrected chi connectivity index (χ3v) is 3.50. The van der Waals surface area contributed by atoms with Gasteiger partial charge in [0, 0.05) is 11.3 Å². The van der Waals surface area contributed by atoms with E-state index in [9.17, 15) is 9.90 Å². The second kappa shape index (κ2) is 7.25. The van der Waals surface area contributed by atoms with E-state index in [2.05, 4.69) is 26.1 Å². The third kappa shape index (κ3) is 4.65. The molecule has 0 spiro atoms. The minimum absolute atomic E-state index is 0.101. The molecule has 0 saturated carbocycles. The van der Waals surface area contributed by atoms with E-state index in [1.807, 2.05) is 18.2 Å². The van der Waals surface area contributed by atoms with Crippen molar-refractivity contribution in [3.63, 3.8) is 0 Å². The lowest BCUT2D eigenvalue weighted by Gasteiger charge is -2.23. The zero-order valence-corrected chi connectivity index (χ0v) is 14.4. The molecule has 0 fully saturated rings. The van der Waals surface area contributed by atoms with Crippen molar-refractivity contribution in [1.29, 1.82) is 0 Å². The van der Waals surface area contributed by atoms with Crippen LogP contribution in [0.25, 0.3) is 0 Å². The normalized spacial score (nSPS) is 11.0. The number of aromatic hydroxyl groups is 1. The fraction of sp³-hybridized carbons (Fsp3) is 0.316. The fourth-order valence-corrected chi connectivity index (χ4v) is 2.23. The summed E-state index contributed by atoms with van der Waals surface area (Å²) in [4.78, 5) is 12.0. The first-order valence-electron chi connectivity index (χ1n) is 7.70. The summed E-state index contributed by atoms with van der Waals surface area (Å²) in [6.45, 7) is 6.12. The standard InChI is InChI=1S/C19H23NO4/c1-19(2,3)16-11-15(23-4)9-10-17(16)24-12-18(22)20-13-5-7-14(21)8-6-13/h5-11,21H,12H2,1-4H3,(H,20,22). The number of carbonyl (C=O) groups excluding carboxylic acids is 1. The average molecular weight is 329 g/mol. The maximum absolute atomic E-state index is 12.0. The number of amides is 1. The second-order valence-electron chi connectivity index (χ2n) is 6.50. The zero-order chi connectivity index (χ0) is 17.7. The van der Waals surface area contributed by atoms with Crippen LogP contribution in [0.3, 0.4) is 0 Å². The van der Waals surface area contributed by atoms with Gasteiger partial charge < -0.3 is 19.9 Å². The van der Waals surface area contributed by atoms with Crippen LogP contribution in [0.5, 0.6) is 17.2 Å². The van der Waals surface area contributed by atoms with Crippen molar-refractivity contribution in [2.24, 2.45) is 0 Å². The van der Waals surface area contributed by atoms with Crippen LogP contribution in [0, 0.1) is 0 Å². The Morgan fingerprint density at radius 3 is 2.38 bits per heavy atom. The first kappa shape index (κ1) is 17.7. The first-order valence-corrected chi connectivity index (χ1v) is 7.70. The topological polar surface area (TPSA) is 67.8 Å². The van der Waals surface area contributed by atoms with Crippen LogP contribution in [-0.2, 0) is 10.2 Å². The molecule has 0 radical (unpaired) electrons. The minimum Gasteiger partial charge on any atom is -0.508 e. The molecule has 0 aliphatic heterocycles. The summed E-state index contributed by atoms with van der Waals surface area (Å²) < 4.78 is 11.0. The number of ether oxygens (including phenoxy) is 2. The molecule has 0 heterocycles. The van der Waals surface area contributed by atoms with Crippen molar-refractivity contribution < 1.29 is 19.4 Å². The Labute approximate surface area is 142 Å². The number of anilines is 1. The number of hydrogen-bond donors (Lipinski definition) is 2. The number of hydrogen-bond acceptors (Lipinski definition) is 4. The van der Waals surface area contributed by atoms with Crippen molar-refractivity contribution in [2.75, 3.05) is 19.0 Å². The summed E-state index contributed by atoms with van der Waals surface area (Å²) in [7, 11) is 1.62. The van der Waals surface area contributed by atoms with Crippen molar-refractivity contribution in [1.82, 2.24) is 0 Å². The highest BCUT2D eigenvalue weighted by atomic mass is 16.5. The summed E-state index contributed by atoms with van der Waals surface area (Å²) in [5.74, 6) is 1.29. The lowest BCUT2D eigenvalue weighted by Crippen LogP contribution is -2.22. The number of rotatable bonds is 5. The number of benzene rings is 2. The Hall–Kier alpha value is -2.69. The number of carbonyl (C=O) groups is 1. The Kier molecular flexibility index (Phi) is 5.34. The van der Waals surface area contributed by atoms with Gasteiger partial charge in [-0.3, -0.25) is 4.79 Å². The number of phenolic OH excluding ortho intramolecular Hbond substituents is 1. The molecule has 0 bridgehead atoms. The van der Waals surface area contributed by atoms with Gasteiger partial charge in [-0.2, -0.15) is 0 Å². The van der Waals surface area contributed by atoms with Crippen LogP contribution < -0.4 is 14.8 Å². The van der Waals surface area contributed by atoms with Gasteiger partial charge >= 0.3 is 0 Å². The molecular formula is C19H23NO4. The summed E-state index contributed by atoms with van der Waals surface area (Å²) in [6, 6.07) is 11.8. The van der Waals surface area contributed by atoms with Gasteiger partial charge in [-0.25, -0.2) is 0 Å². The molecule has 2 aromatic rings. The Bertz CT molecular complexity index is 702. The first-order chi connectivity index (χ1) is 11.3. The van der Waals surface area contributed by atoms with Gasteiger partial charge in [0.15, 0.2) is 6.61 Å². The van der Waals surface area contributed by atoms with Crippen LogP contribution in [-0.4, -0.2) is 24.7 Å². The highest BCUT2D eigenvalue weighted by molar-refractivity contribution is 5.91. The van der Waals surface area contributed by atoms with E-state index in [4.69, 9.17) is 9.47 Å². The molecule has 5 heteroatoms. The highest BCUT2D eigenvalue weighted by Crippen LogP contribution is 2.34. The minimum atomic E-state index is -0.267. The van der Waals surface area contributed by atoms with Gasteiger partial charge in [-0.1, -0.05) is 20.8 Å². The molecule has 0 unspecified atom stereocenters. The van der Waals surface area contributed by atoms with E-state index in [0.717, 1.165) is 11.3 Å². The summed E-state index contributed by atoms with van der Waals surface area (Å²) in [5.41, 5.74) is 1.43. The summed E-state index contributed by atoms with van der Waals surface area (Å²) >= 11 is 0. The van der Waals surface area contributed by atoms with E-state index in [1.165, 1.54) is 12.1 Å². The fourth-order valence-electron chi connectivity index (χ4n) is 2.23. The molecule has 2 aromatic carbocycles. The monoisotopic (exact) mass is 329 g/mol. The van der Waals surface area contributed by atoms with Crippen LogP contribution in [0.1, 0.15) is 26.3 Å². The summed E-state index contributed by atoms with van der Waals surface area (Å²) in [5, 5.41) is 12.0. The van der Waals surface area contributed by atoms with Gasteiger partial charge in [0.05, 0.1) is 7.11 Å². The van der Waals surface area contributed by atoms with Gasteiger partial charge in [0.2, 0.25) is 0 Å². The zero-order valence-electron chi connectivity index (χ0n) is 14.4.